The zero-order valence-electron chi connectivity index (χ0n) is 17.5. The fraction of sp³-hybridized carbons (Fsp3) is 0.591. The molecule has 1 saturated carbocycles. The first-order valence-corrected chi connectivity index (χ1v) is 11.9. The van der Waals surface area contributed by atoms with Crippen LogP contribution in [0.3, 0.4) is 0 Å². The standard InChI is InChI=1S/C22H29N5O2S/c1-25(19-8-4-6-16-5-2-3-7-18(16)19)20(28)15-30-22-24-23-21(27(22)17-9-10-17)26-11-13-29-14-12-26/h2-3,5,7,17,19H,4,6,8-15H2,1H3/t19-/m0/s1. The molecule has 0 N–H and O–H groups in total. The minimum absolute atomic E-state index is 0.153. The summed E-state index contributed by atoms with van der Waals surface area (Å²) in [5, 5.41) is 9.80. The Hall–Kier alpha value is -2.06. The maximum atomic E-state index is 13.1. The van der Waals surface area contributed by atoms with Crippen LogP contribution in [0.25, 0.3) is 0 Å². The Kier molecular flexibility index (Phi) is 5.69. The molecule has 2 aromatic rings. The number of aryl methyl sites for hydroxylation is 1. The maximum Gasteiger partial charge on any atom is 0.233 e. The van der Waals surface area contributed by atoms with Crippen molar-refractivity contribution in [3.63, 3.8) is 0 Å². The van der Waals surface area contributed by atoms with E-state index in [9.17, 15) is 4.79 Å². The molecule has 1 aromatic carbocycles. The zero-order valence-corrected chi connectivity index (χ0v) is 18.3. The zero-order chi connectivity index (χ0) is 20.5. The van der Waals surface area contributed by atoms with E-state index in [1.54, 1.807) is 0 Å². The molecular weight excluding hydrogens is 398 g/mol. The monoisotopic (exact) mass is 427 g/mol. The number of carbonyl (C=O) groups is 1. The average Bonchev–Trinajstić information content (AvgIpc) is 3.55. The van der Waals surface area contributed by atoms with Crippen LogP contribution in [0.1, 0.15) is 48.9 Å². The van der Waals surface area contributed by atoms with E-state index in [1.807, 2.05) is 11.9 Å². The summed E-state index contributed by atoms with van der Waals surface area (Å²) in [5.74, 6) is 1.48. The van der Waals surface area contributed by atoms with Crippen LogP contribution in [0.4, 0.5) is 5.95 Å². The summed E-state index contributed by atoms with van der Waals surface area (Å²) in [4.78, 5) is 17.2. The van der Waals surface area contributed by atoms with Crippen LogP contribution in [-0.2, 0) is 16.0 Å². The number of hydrogen-bond donors (Lipinski definition) is 0. The number of amides is 1. The van der Waals surface area contributed by atoms with Gasteiger partial charge in [-0.25, -0.2) is 0 Å². The number of nitrogens with zero attached hydrogens (tertiary/aromatic N) is 5. The summed E-state index contributed by atoms with van der Waals surface area (Å²) in [6.45, 7) is 3.15. The molecule has 2 aliphatic carbocycles. The average molecular weight is 428 g/mol. The molecular formula is C22H29N5O2S. The minimum Gasteiger partial charge on any atom is -0.378 e. The van der Waals surface area contributed by atoms with E-state index >= 15 is 0 Å². The van der Waals surface area contributed by atoms with Gasteiger partial charge in [-0.15, -0.1) is 10.2 Å². The molecule has 0 bridgehead atoms. The van der Waals surface area contributed by atoms with Crippen molar-refractivity contribution in [2.75, 3.05) is 44.0 Å². The molecule has 160 valence electrons. The molecule has 0 spiro atoms. The van der Waals surface area contributed by atoms with Crippen molar-refractivity contribution in [1.29, 1.82) is 0 Å². The minimum atomic E-state index is 0.153. The SMILES string of the molecule is CN(C(=O)CSc1nnc(N2CCOCC2)n1C1CC1)[C@H]1CCCc2ccccc21. The van der Waals surface area contributed by atoms with Gasteiger partial charge in [0.05, 0.1) is 25.0 Å². The Morgan fingerprint density at radius 2 is 2.00 bits per heavy atom. The Balaban J connectivity index is 1.27. The first-order valence-electron chi connectivity index (χ1n) is 11.0. The molecule has 30 heavy (non-hydrogen) atoms. The molecule has 1 atom stereocenters. The fourth-order valence-corrected chi connectivity index (χ4v) is 5.46. The van der Waals surface area contributed by atoms with E-state index in [0.29, 0.717) is 11.8 Å². The van der Waals surface area contributed by atoms with Gasteiger partial charge >= 0.3 is 0 Å². The molecule has 1 aliphatic heterocycles. The van der Waals surface area contributed by atoms with E-state index in [2.05, 4.69) is 43.9 Å². The molecule has 2 fully saturated rings. The summed E-state index contributed by atoms with van der Waals surface area (Å²) in [6, 6.07) is 9.19. The summed E-state index contributed by atoms with van der Waals surface area (Å²) < 4.78 is 7.73. The van der Waals surface area contributed by atoms with E-state index in [1.165, 1.54) is 22.9 Å². The molecule has 0 unspecified atom stereocenters. The predicted octanol–water partition coefficient (Wildman–Crippen LogP) is 3.08. The van der Waals surface area contributed by atoms with E-state index in [4.69, 9.17) is 4.74 Å². The molecule has 7 nitrogen and oxygen atoms in total. The molecule has 1 amide bonds. The van der Waals surface area contributed by atoms with Gasteiger partial charge in [-0.1, -0.05) is 36.0 Å². The summed E-state index contributed by atoms with van der Waals surface area (Å²) >= 11 is 1.52. The van der Waals surface area contributed by atoms with Crippen LogP contribution in [0, 0.1) is 0 Å². The van der Waals surface area contributed by atoms with Gasteiger partial charge in [-0.3, -0.25) is 9.36 Å². The second-order valence-corrected chi connectivity index (χ2v) is 9.33. The topological polar surface area (TPSA) is 63.5 Å². The largest absolute Gasteiger partial charge is 0.378 e. The lowest BCUT2D eigenvalue weighted by molar-refractivity contribution is -0.129. The van der Waals surface area contributed by atoms with Gasteiger partial charge in [0.25, 0.3) is 0 Å². The maximum absolute atomic E-state index is 13.1. The normalized spacial score (nSPS) is 21.4. The Bertz CT molecular complexity index is 907. The van der Waals surface area contributed by atoms with Crippen LogP contribution < -0.4 is 4.90 Å². The highest BCUT2D eigenvalue weighted by Crippen LogP contribution is 2.41. The number of carbonyl (C=O) groups excluding carboxylic acids is 1. The number of benzene rings is 1. The Labute approximate surface area is 181 Å². The highest BCUT2D eigenvalue weighted by atomic mass is 32.2. The number of morpholine rings is 1. The van der Waals surface area contributed by atoms with E-state index in [-0.39, 0.29) is 11.9 Å². The Morgan fingerprint density at radius 3 is 2.80 bits per heavy atom. The van der Waals surface area contributed by atoms with Gasteiger partial charge in [0.2, 0.25) is 11.9 Å². The van der Waals surface area contributed by atoms with Crippen molar-refractivity contribution >= 4 is 23.6 Å². The number of thioether (sulfide) groups is 1. The summed E-state index contributed by atoms with van der Waals surface area (Å²) in [6.07, 6.45) is 5.60. The van der Waals surface area contributed by atoms with Crippen molar-refractivity contribution in [2.24, 2.45) is 0 Å². The van der Waals surface area contributed by atoms with Gasteiger partial charge < -0.3 is 14.5 Å². The molecule has 5 rings (SSSR count). The molecule has 8 heteroatoms. The predicted molar refractivity (Wildman–Crippen MR) is 117 cm³/mol. The van der Waals surface area contributed by atoms with Gasteiger partial charge in [0.1, 0.15) is 0 Å². The van der Waals surface area contributed by atoms with Crippen LogP contribution in [0.2, 0.25) is 0 Å². The first kappa shape index (κ1) is 19.9. The van der Waals surface area contributed by atoms with Gasteiger partial charge in [0.15, 0.2) is 5.16 Å². The summed E-state index contributed by atoms with van der Waals surface area (Å²) in [5.41, 5.74) is 2.69. The van der Waals surface area contributed by atoms with Crippen LogP contribution in [-0.4, -0.2) is 64.7 Å². The number of aromatic nitrogens is 3. The van der Waals surface area contributed by atoms with Crippen LogP contribution >= 0.6 is 11.8 Å². The van der Waals surface area contributed by atoms with Crippen molar-refractivity contribution in [1.82, 2.24) is 19.7 Å². The number of anilines is 1. The quantitative estimate of drug-likeness (QED) is 0.660. The Morgan fingerprint density at radius 1 is 1.20 bits per heavy atom. The summed E-state index contributed by atoms with van der Waals surface area (Å²) in [7, 11) is 1.94. The van der Waals surface area contributed by atoms with Crippen molar-refractivity contribution < 1.29 is 9.53 Å². The number of ether oxygens (including phenoxy) is 1. The third kappa shape index (κ3) is 3.95. The number of hydrogen-bond acceptors (Lipinski definition) is 6. The highest BCUT2D eigenvalue weighted by molar-refractivity contribution is 7.99. The van der Waals surface area contributed by atoms with Crippen molar-refractivity contribution in [2.45, 2.75) is 49.3 Å². The van der Waals surface area contributed by atoms with E-state index in [0.717, 1.165) is 69.5 Å². The van der Waals surface area contributed by atoms with Gasteiger partial charge in [-0.2, -0.15) is 0 Å². The lowest BCUT2D eigenvalue weighted by atomic mass is 9.87. The number of fused-ring (bicyclic) bond motifs is 1. The molecule has 1 saturated heterocycles. The second kappa shape index (κ2) is 8.59. The van der Waals surface area contributed by atoms with Crippen LogP contribution in [0.15, 0.2) is 29.4 Å². The third-order valence-corrected chi connectivity index (χ3v) is 7.30. The van der Waals surface area contributed by atoms with E-state index < -0.39 is 0 Å². The highest BCUT2D eigenvalue weighted by Gasteiger charge is 2.33. The second-order valence-electron chi connectivity index (χ2n) is 8.38. The van der Waals surface area contributed by atoms with Gasteiger partial charge in [0, 0.05) is 26.2 Å². The van der Waals surface area contributed by atoms with Crippen molar-refractivity contribution in [3.05, 3.63) is 35.4 Å². The fourth-order valence-electron chi connectivity index (χ4n) is 4.53. The molecule has 2 heterocycles. The lowest BCUT2D eigenvalue weighted by Gasteiger charge is -2.33. The molecule has 0 radical (unpaired) electrons. The number of rotatable bonds is 6. The lowest BCUT2D eigenvalue weighted by Crippen LogP contribution is -2.38. The smallest absolute Gasteiger partial charge is 0.233 e. The first-order chi connectivity index (χ1) is 14.7. The van der Waals surface area contributed by atoms with Crippen LogP contribution in [0.5, 0.6) is 0 Å². The van der Waals surface area contributed by atoms with Crippen molar-refractivity contribution in [3.8, 4) is 0 Å². The molecule has 1 aromatic heterocycles. The molecule has 3 aliphatic rings. The third-order valence-electron chi connectivity index (χ3n) is 6.38. The van der Waals surface area contributed by atoms with Gasteiger partial charge in [-0.05, 0) is 43.2 Å².